The summed E-state index contributed by atoms with van der Waals surface area (Å²) < 4.78 is 7.31. The van der Waals surface area contributed by atoms with Crippen molar-refractivity contribution in [2.24, 2.45) is 0 Å². The number of fused-ring (bicyclic) bond motifs is 3. The van der Waals surface area contributed by atoms with Crippen LogP contribution in [0.3, 0.4) is 0 Å². The summed E-state index contributed by atoms with van der Waals surface area (Å²) in [6.45, 7) is 8.82. The van der Waals surface area contributed by atoms with Crippen LogP contribution in [0, 0.1) is 0 Å². The molecule has 0 bridgehead atoms. The van der Waals surface area contributed by atoms with E-state index in [0.717, 1.165) is 21.8 Å². The number of hydroxylamine groups is 2. The lowest BCUT2D eigenvalue weighted by atomic mass is 10.1. The Morgan fingerprint density at radius 2 is 1.52 bits per heavy atom. The van der Waals surface area contributed by atoms with Gasteiger partial charge in [0.1, 0.15) is 5.60 Å². The molecular formula is C24H29Cl2N3O4. The summed E-state index contributed by atoms with van der Waals surface area (Å²) in [4.78, 5) is 19.3. The molecule has 7 nitrogen and oxygen atoms in total. The molecule has 0 amide bonds. The Morgan fingerprint density at radius 1 is 0.970 bits per heavy atom. The average Bonchev–Trinajstić information content (AvgIpc) is 3.00. The molecule has 3 aromatic rings. The highest BCUT2D eigenvalue weighted by Gasteiger charge is 2.25. The standard InChI is InChI=1S/C24H29Cl2N3O4/c1-24(2,3)32-23(31)33-28-10-8-27(9-11-28)14-18(30)15-29-21-6-4-16(25)12-19(21)20-13-17(26)5-7-22(20)29/h4-7,12-13,18,30H,8-11,14-15H2,1-3H3. The van der Waals surface area contributed by atoms with Gasteiger partial charge in [0.05, 0.1) is 12.6 Å². The zero-order valence-electron chi connectivity index (χ0n) is 19.1. The quantitative estimate of drug-likeness (QED) is 0.507. The van der Waals surface area contributed by atoms with Crippen molar-refractivity contribution in [2.75, 3.05) is 32.7 Å². The first-order valence-electron chi connectivity index (χ1n) is 11.0. The first kappa shape index (κ1) is 24.1. The van der Waals surface area contributed by atoms with Crippen molar-refractivity contribution in [2.45, 2.75) is 39.0 Å². The summed E-state index contributed by atoms with van der Waals surface area (Å²) in [7, 11) is 0. The number of nitrogens with zero attached hydrogens (tertiary/aromatic N) is 3. The minimum atomic E-state index is -0.692. The summed E-state index contributed by atoms with van der Waals surface area (Å²) in [5, 5.41) is 15.9. The van der Waals surface area contributed by atoms with Crippen molar-refractivity contribution in [1.29, 1.82) is 0 Å². The smallest absolute Gasteiger partial charge is 0.427 e. The van der Waals surface area contributed by atoms with E-state index in [1.807, 2.05) is 36.4 Å². The van der Waals surface area contributed by atoms with E-state index in [1.165, 1.54) is 0 Å². The number of aliphatic hydroxyl groups is 1. The van der Waals surface area contributed by atoms with Crippen LogP contribution in [0.2, 0.25) is 10.0 Å². The number of carbonyl (C=O) groups is 1. The van der Waals surface area contributed by atoms with Crippen LogP contribution in [-0.4, -0.2) is 70.2 Å². The van der Waals surface area contributed by atoms with Gasteiger partial charge in [-0.3, -0.25) is 4.90 Å². The number of hydrogen-bond acceptors (Lipinski definition) is 6. The van der Waals surface area contributed by atoms with Gasteiger partial charge >= 0.3 is 6.16 Å². The van der Waals surface area contributed by atoms with Gasteiger partial charge in [0.25, 0.3) is 0 Å². The van der Waals surface area contributed by atoms with E-state index < -0.39 is 17.9 Å². The first-order valence-corrected chi connectivity index (χ1v) is 11.8. The number of hydrogen-bond donors (Lipinski definition) is 1. The van der Waals surface area contributed by atoms with Crippen LogP contribution < -0.4 is 0 Å². The molecule has 1 atom stereocenters. The monoisotopic (exact) mass is 493 g/mol. The lowest BCUT2D eigenvalue weighted by molar-refractivity contribution is -0.159. The number of rotatable bonds is 5. The predicted molar refractivity (Wildman–Crippen MR) is 131 cm³/mol. The van der Waals surface area contributed by atoms with Gasteiger partial charge in [-0.2, -0.15) is 0 Å². The second-order valence-corrected chi connectivity index (χ2v) is 10.2. The predicted octanol–water partition coefficient (Wildman–Crippen LogP) is 4.95. The normalized spacial score (nSPS) is 16.9. The Labute approximate surface area is 203 Å². The Balaban J connectivity index is 1.39. The molecule has 1 aliphatic rings. The third-order valence-electron chi connectivity index (χ3n) is 5.58. The number of aliphatic hydroxyl groups excluding tert-OH is 1. The van der Waals surface area contributed by atoms with Gasteiger partial charge in [0.15, 0.2) is 0 Å². The molecule has 33 heavy (non-hydrogen) atoms. The lowest BCUT2D eigenvalue weighted by Gasteiger charge is -2.34. The fourth-order valence-corrected chi connectivity index (χ4v) is 4.53. The number of β-amino-alcohol motifs (C(OH)–C–C–N with tert-alkyl or cyclic N) is 1. The first-order chi connectivity index (χ1) is 15.6. The number of aromatic nitrogens is 1. The van der Waals surface area contributed by atoms with E-state index in [4.69, 9.17) is 32.8 Å². The van der Waals surface area contributed by atoms with Crippen LogP contribution in [0.4, 0.5) is 4.79 Å². The van der Waals surface area contributed by atoms with Crippen LogP contribution in [0.1, 0.15) is 20.8 Å². The molecule has 1 aliphatic heterocycles. The molecule has 0 radical (unpaired) electrons. The highest BCUT2D eigenvalue weighted by molar-refractivity contribution is 6.33. The summed E-state index contributed by atoms with van der Waals surface area (Å²) in [5.41, 5.74) is 1.42. The van der Waals surface area contributed by atoms with E-state index in [2.05, 4.69) is 9.47 Å². The third kappa shape index (κ3) is 5.91. The highest BCUT2D eigenvalue weighted by atomic mass is 35.5. The lowest BCUT2D eigenvalue weighted by Crippen LogP contribution is -2.49. The van der Waals surface area contributed by atoms with Crippen LogP contribution in [-0.2, 0) is 16.1 Å². The topological polar surface area (TPSA) is 67.2 Å². The Bertz CT molecular complexity index is 1090. The van der Waals surface area contributed by atoms with Gasteiger partial charge < -0.3 is 19.2 Å². The fraction of sp³-hybridized carbons (Fsp3) is 0.458. The second-order valence-electron chi connectivity index (χ2n) is 9.37. The molecule has 2 heterocycles. The Hall–Kier alpha value is -2.03. The zero-order chi connectivity index (χ0) is 23.8. The Kier molecular flexibility index (Phi) is 7.07. The number of halogens is 2. The second kappa shape index (κ2) is 9.68. The molecule has 1 N–H and O–H groups in total. The molecule has 9 heteroatoms. The highest BCUT2D eigenvalue weighted by Crippen LogP contribution is 2.33. The fourth-order valence-electron chi connectivity index (χ4n) is 4.19. The molecular weight excluding hydrogens is 465 g/mol. The molecule has 1 unspecified atom stereocenters. The van der Waals surface area contributed by atoms with E-state index in [9.17, 15) is 9.90 Å². The van der Waals surface area contributed by atoms with Gasteiger partial charge in [0, 0.05) is 64.6 Å². The number of ether oxygens (including phenoxy) is 1. The van der Waals surface area contributed by atoms with Gasteiger partial charge in [-0.1, -0.05) is 23.2 Å². The maximum Gasteiger partial charge on any atom is 0.528 e. The third-order valence-corrected chi connectivity index (χ3v) is 6.05. The minimum absolute atomic E-state index is 0.442. The van der Waals surface area contributed by atoms with Crippen molar-refractivity contribution in [3.63, 3.8) is 0 Å². The maximum atomic E-state index is 11.9. The summed E-state index contributed by atoms with van der Waals surface area (Å²) in [6.07, 6.45) is -1.27. The van der Waals surface area contributed by atoms with Gasteiger partial charge in [-0.05, 0) is 57.2 Å². The summed E-state index contributed by atoms with van der Waals surface area (Å²) in [5.74, 6) is 0. The van der Waals surface area contributed by atoms with Crippen molar-refractivity contribution in [1.82, 2.24) is 14.5 Å². The van der Waals surface area contributed by atoms with E-state index >= 15 is 0 Å². The molecule has 0 saturated carbocycles. The van der Waals surface area contributed by atoms with Crippen LogP contribution in [0.15, 0.2) is 36.4 Å². The van der Waals surface area contributed by atoms with E-state index in [0.29, 0.717) is 49.3 Å². The number of benzene rings is 2. The molecule has 4 rings (SSSR count). The maximum absolute atomic E-state index is 11.9. The van der Waals surface area contributed by atoms with Crippen LogP contribution in [0.5, 0.6) is 0 Å². The van der Waals surface area contributed by atoms with Gasteiger partial charge in [0.2, 0.25) is 0 Å². The van der Waals surface area contributed by atoms with Gasteiger partial charge in [-0.25, -0.2) is 4.79 Å². The molecule has 1 aromatic heterocycles. The Morgan fingerprint density at radius 3 is 2.03 bits per heavy atom. The number of piperazine rings is 1. The molecule has 0 spiro atoms. The van der Waals surface area contributed by atoms with Crippen molar-refractivity contribution >= 4 is 51.2 Å². The van der Waals surface area contributed by atoms with Crippen molar-refractivity contribution in [3.8, 4) is 0 Å². The molecule has 2 aromatic carbocycles. The van der Waals surface area contributed by atoms with Crippen molar-refractivity contribution in [3.05, 3.63) is 46.4 Å². The van der Waals surface area contributed by atoms with Crippen LogP contribution in [0.25, 0.3) is 21.8 Å². The van der Waals surface area contributed by atoms with Crippen LogP contribution >= 0.6 is 23.2 Å². The largest absolute Gasteiger partial charge is 0.528 e. The SMILES string of the molecule is CC(C)(C)OC(=O)ON1CCN(CC(O)Cn2c3ccc(Cl)cc3c3cc(Cl)ccc32)CC1. The van der Waals surface area contributed by atoms with E-state index in [-0.39, 0.29) is 0 Å². The number of carbonyl (C=O) groups excluding carboxylic acids is 1. The molecule has 1 saturated heterocycles. The van der Waals surface area contributed by atoms with Gasteiger partial charge in [-0.15, -0.1) is 5.06 Å². The van der Waals surface area contributed by atoms with Crippen molar-refractivity contribution < 1.29 is 19.5 Å². The zero-order valence-corrected chi connectivity index (χ0v) is 20.6. The molecule has 178 valence electrons. The molecule has 1 fully saturated rings. The summed E-state index contributed by atoms with van der Waals surface area (Å²) >= 11 is 12.5. The molecule has 0 aliphatic carbocycles. The minimum Gasteiger partial charge on any atom is -0.427 e. The van der Waals surface area contributed by atoms with E-state index in [1.54, 1.807) is 25.8 Å². The summed E-state index contributed by atoms with van der Waals surface area (Å²) in [6, 6.07) is 11.5. The average molecular weight is 494 g/mol.